The summed E-state index contributed by atoms with van der Waals surface area (Å²) in [6, 6.07) is 13.1. The molecular formula is C18H19NO4S. The zero-order valence-electron chi connectivity index (χ0n) is 13.6. The number of fused-ring (bicyclic) bond motifs is 1. The second kappa shape index (κ2) is 7.49. The van der Waals surface area contributed by atoms with Crippen LogP contribution in [0, 0.1) is 0 Å². The molecule has 5 nitrogen and oxygen atoms in total. The number of carbonyl (C=O) groups excluding carboxylic acids is 1. The topological polar surface area (TPSA) is 56.8 Å². The number of thioether (sulfide) groups is 1. The van der Waals surface area contributed by atoms with Crippen LogP contribution in [0.2, 0.25) is 0 Å². The van der Waals surface area contributed by atoms with Crippen molar-refractivity contribution in [2.75, 3.05) is 25.6 Å². The Morgan fingerprint density at radius 3 is 2.71 bits per heavy atom. The van der Waals surface area contributed by atoms with Gasteiger partial charge in [-0.05, 0) is 37.3 Å². The van der Waals surface area contributed by atoms with Crippen LogP contribution in [0.4, 0.5) is 5.69 Å². The van der Waals surface area contributed by atoms with Gasteiger partial charge in [0.2, 0.25) is 5.91 Å². The minimum atomic E-state index is -0.266. The molecular weight excluding hydrogens is 326 g/mol. The first kappa shape index (κ1) is 16.5. The predicted octanol–water partition coefficient (Wildman–Crippen LogP) is 3.59. The molecule has 0 bridgehead atoms. The second-order valence-corrected chi connectivity index (χ2v) is 6.67. The van der Waals surface area contributed by atoms with Crippen molar-refractivity contribution in [3.63, 3.8) is 0 Å². The van der Waals surface area contributed by atoms with Crippen molar-refractivity contribution in [3.8, 4) is 17.2 Å². The highest BCUT2D eigenvalue weighted by atomic mass is 32.2. The predicted molar refractivity (Wildman–Crippen MR) is 94.4 cm³/mol. The molecule has 0 spiro atoms. The van der Waals surface area contributed by atoms with E-state index in [-0.39, 0.29) is 11.2 Å². The molecule has 2 aromatic carbocycles. The summed E-state index contributed by atoms with van der Waals surface area (Å²) in [7, 11) is 1.58. The number of hydrogen-bond acceptors (Lipinski definition) is 5. The van der Waals surface area contributed by atoms with Crippen LogP contribution < -0.4 is 19.5 Å². The lowest BCUT2D eigenvalue weighted by Gasteiger charge is -2.19. The van der Waals surface area contributed by atoms with Crippen molar-refractivity contribution in [2.45, 2.75) is 17.1 Å². The average Bonchev–Trinajstić information content (AvgIpc) is 2.62. The first-order chi connectivity index (χ1) is 11.7. The van der Waals surface area contributed by atoms with E-state index in [9.17, 15) is 4.79 Å². The van der Waals surface area contributed by atoms with Gasteiger partial charge in [0.05, 0.1) is 18.0 Å². The molecule has 1 atom stereocenters. The number of nitrogens with one attached hydrogen (secondary N) is 1. The molecule has 1 unspecified atom stereocenters. The van der Waals surface area contributed by atoms with E-state index in [4.69, 9.17) is 14.2 Å². The molecule has 6 heteroatoms. The van der Waals surface area contributed by atoms with E-state index in [2.05, 4.69) is 5.32 Å². The van der Waals surface area contributed by atoms with Gasteiger partial charge < -0.3 is 19.5 Å². The summed E-state index contributed by atoms with van der Waals surface area (Å²) in [6.07, 6.45) is 0. The molecule has 24 heavy (non-hydrogen) atoms. The van der Waals surface area contributed by atoms with E-state index in [1.165, 1.54) is 11.8 Å². The van der Waals surface area contributed by atoms with Crippen LogP contribution in [-0.4, -0.2) is 31.5 Å². The van der Waals surface area contributed by atoms with Crippen molar-refractivity contribution in [1.82, 2.24) is 0 Å². The molecule has 0 saturated carbocycles. The van der Waals surface area contributed by atoms with Crippen LogP contribution in [0.25, 0.3) is 0 Å². The van der Waals surface area contributed by atoms with E-state index in [0.717, 1.165) is 16.4 Å². The van der Waals surface area contributed by atoms with E-state index in [0.29, 0.717) is 24.7 Å². The monoisotopic (exact) mass is 345 g/mol. The molecule has 0 radical (unpaired) electrons. The highest BCUT2D eigenvalue weighted by Gasteiger charge is 2.18. The first-order valence-corrected chi connectivity index (χ1v) is 8.55. The lowest BCUT2D eigenvalue weighted by atomic mass is 10.3. The summed E-state index contributed by atoms with van der Waals surface area (Å²) in [5.74, 6) is 2.03. The lowest BCUT2D eigenvalue weighted by molar-refractivity contribution is -0.115. The third kappa shape index (κ3) is 3.76. The Balaban J connectivity index is 1.66. The van der Waals surface area contributed by atoms with E-state index in [1.807, 2.05) is 49.4 Å². The molecule has 0 saturated heterocycles. The van der Waals surface area contributed by atoms with Crippen molar-refractivity contribution in [1.29, 1.82) is 0 Å². The van der Waals surface area contributed by atoms with Gasteiger partial charge in [-0.3, -0.25) is 4.79 Å². The van der Waals surface area contributed by atoms with Gasteiger partial charge in [-0.15, -0.1) is 11.8 Å². The largest absolute Gasteiger partial charge is 0.495 e. The SMILES string of the molecule is COc1ccccc1NC(=O)C(C)Sc1ccc2c(c1)OCCO2. The summed E-state index contributed by atoms with van der Waals surface area (Å²) in [5, 5.41) is 2.64. The summed E-state index contributed by atoms with van der Waals surface area (Å²) < 4.78 is 16.3. The molecule has 1 aliphatic rings. The van der Waals surface area contributed by atoms with Gasteiger partial charge in [-0.1, -0.05) is 12.1 Å². The van der Waals surface area contributed by atoms with Crippen LogP contribution >= 0.6 is 11.8 Å². The number of carbonyl (C=O) groups is 1. The molecule has 2 aromatic rings. The van der Waals surface area contributed by atoms with Gasteiger partial charge in [0.25, 0.3) is 0 Å². The zero-order chi connectivity index (χ0) is 16.9. The molecule has 3 rings (SSSR count). The quantitative estimate of drug-likeness (QED) is 0.840. The standard InChI is InChI=1S/C18H19NO4S/c1-12(18(20)19-14-5-3-4-6-15(14)21-2)24-13-7-8-16-17(11-13)23-10-9-22-16/h3-8,11-12H,9-10H2,1-2H3,(H,19,20). The molecule has 126 valence electrons. The van der Waals surface area contributed by atoms with Crippen LogP contribution in [0.1, 0.15) is 6.92 Å². The fourth-order valence-corrected chi connectivity index (χ4v) is 3.23. The third-order valence-electron chi connectivity index (χ3n) is 3.56. The van der Waals surface area contributed by atoms with Crippen LogP contribution in [0.5, 0.6) is 17.2 Å². The number of anilines is 1. The molecule has 0 fully saturated rings. The lowest BCUT2D eigenvalue weighted by Crippen LogP contribution is -2.22. The summed E-state index contributed by atoms with van der Waals surface area (Å²) >= 11 is 1.47. The second-order valence-electron chi connectivity index (χ2n) is 5.26. The minimum Gasteiger partial charge on any atom is -0.495 e. The fourth-order valence-electron chi connectivity index (χ4n) is 2.34. The minimum absolute atomic E-state index is 0.0839. The van der Waals surface area contributed by atoms with E-state index >= 15 is 0 Å². The number of para-hydroxylation sites is 2. The van der Waals surface area contributed by atoms with Crippen LogP contribution in [-0.2, 0) is 4.79 Å². The number of rotatable bonds is 5. The highest BCUT2D eigenvalue weighted by molar-refractivity contribution is 8.00. The molecule has 0 aliphatic carbocycles. The summed E-state index contributed by atoms with van der Waals surface area (Å²) in [4.78, 5) is 13.4. The highest BCUT2D eigenvalue weighted by Crippen LogP contribution is 2.35. The Hall–Kier alpha value is -2.34. The number of hydrogen-bond donors (Lipinski definition) is 1. The van der Waals surface area contributed by atoms with Crippen molar-refractivity contribution in [2.24, 2.45) is 0 Å². The molecule has 1 heterocycles. The van der Waals surface area contributed by atoms with Crippen LogP contribution in [0.15, 0.2) is 47.4 Å². The van der Waals surface area contributed by atoms with Crippen molar-refractivity contribution >= 4 is 23.4 Å². The van der Waals surface area contributed by atoms with Gasteiger partial charge in [-0.25, -0.2) is 0 Å². The Labute approximate surface area is 145 Å². The maximum Gasteiger partial charge on any atom is 0.237 e. The van der Waals surface area contributed by atoms with Gasteiger partial charge in [-0.2, -0.15) is 0 Å². The first-order valence-electron chi connectivity index (χ1n) is 7.67. The van der Waals surface area contributed by atoms with Crippen molar-refractivity contribution < 1.29 is 19.0 Å². The summed E-state index contributed by atoms with van der Waals surface area (Å²) in [6.45, 7) is 2.98. The Kier molecular flexibility index (Phi) is 5.15. The fraction of sp³-hybridized carbons (Fsp3) is 0.278. The number of ether oxygens (including phenoxy) is 3. The maximum absolute atomic E-state index is 12.4. The Morgan fingerprint density at radius 1 is 1.17 bits per heavy atom. The van der Waals surface area contributed by atoms with Gasteiger partial charge >= 0.3 is 0 Å². The number of amides is 1. The Bertz CT molecular complexity index is 735. The normalized spacial score (nSPS) is 13.9. The van der Waals surface area contributed by atoms with E-state index < -0.39 is 0 Å². The van der Waals surface area contributed by atoms with Gasteiger partial charge in [0.15, 0.2) is 11.5 Å². The average molecular weight is 345 g/mol. The van der Waals surface area contributed by atoms with Crippen molar-refractivity contribution in [3.05, 3.63) is 42.5 Å². The summed E-state index contributed by atoms with van der Waals surface area (Å²) in [5.41, 5.74) is 0.666. The molecule has 1 aliphatic heterocycles. The maximum atomic E-state index is 12.4. The zero-order valence-corrected chi connectivity index (χ0v) is 14.4. The smallest absolute Gasteiger partial charge is 0.237 e. The van der Waals surface area contributed by atoms with Crippen LogP contribution in [0.3, 0.4) is 0 Å². The molecule has 1 N–H and O–H groups in total. The Morgan fingerprint density at radius 2 is 1.92 bits per heavy atom. The number of methoxy groups -OCH3 is 1. The van der Waals surface area contributed by atoms with Gasteiger partial charge in [0.1, 0.15) is 19.0 Å². The third-order valence-corrected chi connectivity index (χ3v) is 4.65. The van der Waals surface area contributed by atoms with E-state index in [1.54, 1.807) is 7.11 Å². The molecule has 0 aromatic heterocycles. The molecule has 1 amide bonds. The number of benzene rings is 2. The van der Waals surface area contributed by atoms with Gasteiger partial charge in [0, 0.05) is 4.90 Å².